The molecule has 1 aromatic heterocycles. The molecule has 0 aliphatic carbocycles. The van der Waals surface area contributed by atoms with Crippen molar-refractivity contribution in [3.8, 4) is 5.75 Å². The summed E-state index contributed by atoms with van der Waals surface area (Å²) in [5.41, 5.74) is 3.09. The Labute approximate surface area is 159 Å². The molecule has 2 aromatic carbocycles. The first-order valence-electron chi connectivity index (χ1n) is 9.16. The van der Waals surface area contributed by atoms with Gasteiger partial charge in [0.25, 0.3) is 0 Å². The Kier molecular flexibility index (Phi) is 6.26. The molecule has 1 amide bonds. The molecule has 3 rings (SSSR count). The molecule has 3 aromatic rings. The summed E-state index contributed by atoms with van der Waals surface area (Å²) in [6, 6.07) is 15.8. The maximum atomic E-state index is 12.4. The summed E-state index contributed by atoms with van der Waals surface area (Å²) in [7, 11) is 1.84. The lowest BCUT2D eigenvalue weighted by molar-refractivity contribution is -0.130. The number of carbonyl (C=O) groups excluding carboxylic acids is 1. The van der Waals surface area contributed by atoms with Gasteiger partial charge in [0.2, 0.25) is 5.91 Å². The Morgan fingerprint density at radius 3 is 2.74 bits per heavy atom. The topological polar surface area (TPSA) is 58.2 Å². The SMILES string of the molecule is C=CCOc1ccc(CN(C)C(=O)CCCc2nc3ccccc3[nH]2)cc1. The van der Waals surface area contributed by atoms with Crippen molar-refractivity contribution in [2.75, 3.05) is 13.7 Å². The molecule has 0 spiro atoms. The number of nitrogens with zero attached hydrogens (tertiary/aromatic N) is 2. The zero-order chi connectivity index (χ0) is 19.1. The minimum atomic E-state index is 0.137. The number of amides is 1. The van der Waals surface area contributed by atoms with Crippen LogP contribution in [0.2, 0.25) is 0 Å². The van der Waals surface area contributed by atoms with Crippen LogP contribution in [-0.4, -0.2) is 34.4 Å². The Bertz CT molecular complexity index is 866. The summed E-state index contributed by atoms with van der Waals surface area (Å²) < 4.78 is 5.47. The van der Waals surface area contributed by atoms with Gasteiger partial charge in [0.1, 0.15) is 18.2 Å². The largest absolute Gasteiger partial charge is 0.490 e. The van der Waals surface area contributed by atoms with E-state index in [1.54, 1.807) is 11.0 Å². The molecule has 0 unspecified atom stereocenters. The van der Waals surface area contributed by atoms with E-state index >= 15 is 0 Å². The highest BCUT2D eigenvalue weighted by atomic mass is 16.5. The summed E-state index contributed by atoms with van der Waals surface area (Å²) in [4.78, 5) is 22.0. The second-order valence-corrected chi connectivity index (χ2v) is 6.55. The van der Waals surface area contributed by atoms with E-state index in [0.29, 0.717) is 19.6 Å². The van der Waals surface area contributed by atoms with Crippen LogP contribution < -0.4 is 4.74 Å². The first-order chi connectivity index (χ1) is 13.2. The van der Waals surface area contributed by atoms with Crippen molar-refractivity contribution in [1.82, 2.24) is 14.9 Å². The number of carbonyl (C=O) groups is 1. The highest BCUT2D eigenvalue weighted by molar-refractivity contribution is 5.76. The van der Waals surface area contributed by atoms with Crippen molar-refractivity contribution < 1.29 is 9.53 Å². The molecule has 1 N–H and O–H groups in total. The molecular formula is C22H25N3O2. The number of ether oxygens (including phenoxy) is 1. The maximum Gasteiger partial charge on any atom is 0.222 e. The number of aryl methyl sites for hydroxylation is 1. The summed E-state index contributed by atoms with van der Waals surface area (Å²) in [5, 5.41) is 0. The molecule has 5 heteroatoms. The number of aromatic nitrogens is 2. The van der Waals surface area contributed by atoms with E-state index in [-0.39, 0.29) is 5.91 Å². The van der Waals surface area contributed by atoms with Gasteiger partial charge in [0, 0.05) is 26.4 Å². The Morgan fingerprint density at radius 1 is 1.22 bits per heavy atom. The minimum absolute atomic E-state index is 0.137. The second-order valence-electron chi connectivity index (χ2n) is 6.55. The molecular weight excluding hydrogens is 338 g/mol. The van der Waals surface area contributed by atoms with Gasteiger partial charge in [0.15, 0.2) is 0 Å². The highest BCUT2D eigenvalue weighted by Gasteiger charge is 2.10. The van der Waals surface area contributed by atoms with Crippen molar-refractivity contribution in [2.45, 2.75) is 25.8 Å². The van der Waals surface area contributed by atoms with E-state index in [9.17, 15) is 4.79 Å². The molecule has 0 aliphatic heterocycles. The summed E-state index contributed by atoms with van der Waals surface area (Å²) in [5.74, 6) is 1.87. The molecule has 0 atom stereocenters. The van der Waals surface area contributed by atoms with Crippen LogP contribution >= 0.6 is 0 Å². The van der Waals surface area contributed by atoms with Gasteiger partial charge in [0.05, 0.1) is 11.0 Å². The van der Waals surface area contributed by atoms with Gasteiger partial charge in [-0.05, 0) is 36.2 Å². The third kappa shape index (κ3) is 5.20. The fourth-order valence-corrected chi connectivity index (χ4v) is 2.93. The zero-order valence-electron chi connectivity index (χ0n) is 15.6. The van der Waals surface area contributed by atoms with E-state index in [2.05, 4.69) is 16.5 Å². The zero-order valence-corrected chi connectivity index (χ0v) is 15.6. The molecule has 27 heavy (non-hydrogen) atoms. The van der Waals surface area contributed by atoms with Gasteiger partial charge in [-0.15, -0.1) is 0 Å². The number of hydrogen-bond acceptors (Lipinski definition) is 3. The van der Waals surface area contributed by atoms with Crippen molar-refractivity contribution in [3.05, 3.63) is 72.6 Å². The number of para-hydroxylation sites is 2. The standard InChI is InChI=1S/C22H25N3O2/c1-3-15-27-18-13-11-17(12-14-18)16-25(2)22(26)10-6-9-21-23-19-7-4-5-8-20(19)24-21/h3-5,7-8,11-14H,1,6,9-10,15-16H2,2H3,(H,23,24). The molecule has 5 nitrogen and oxygen atoms in total. The second kappa shape index (κ2) is 9.03. The van der Waals surface area contributed by atoms with Crippen LogP contribution in [0.25, 0.3) is 11.0 Å². The molecule has 0 bridgehead atoms. The predicted octanol–water partition coefficient (Wildman–Crippen LogP) is 4.11. The minimum Gasteiger partial charge on any atom is -0.490 e. The lowest BCUT2D eigenvalue weighted by Crippen LogP contribution is -2.26. The fraction of sp³-hybridized carbons (Fsp3) is 0.273. The molecule has 0 saturated carbocycles. The predicted molar refractivity (Wildman–Crippen MR) is 108 cm³/mol. The van der Waals surface area contributed by atoms with Crippen molar-refractivity contribution in [1.29, 1.82) is 0 Å². The van der Waals surface area contributed by atoms with Crippen LogP contribution in [0, 0.1) is 0 Å². The van der Waals surface area contributed by atoms with Crippen LogP contribution in [0.4, 0.5) is 0 Å². The molecule has 140 valence electrons. The van der Waals surface area contributed by atoms with Gasteiger partial charge < -0.3 is 14.6 Å². The van der Waals surface area contributed by atoms with Crippen LogP contribution in [0.15, 0.2) is 61.2 Å². The van der Waals surface area contributed by atoms with Crippen molar-refractivity contribution in [3.63, 3.8) is 0 Å². The van der Waals surface area contributed by atoms with Gasteiger partial charge in [-0.25, -0.2) is 4.98 Å². The van der Waals surface area contributed by atoms with E-state index in [0.717, 1.165) is 41.0 Å². The van der Waals surface area contributed by atoms with Crippen molar-refractivity contribution in [2.24, 2.45) is 0 Å². The summed E-state index contributed by atoms with van der Waals surface area (Å²) in [6.45, 7) is 4.71. The smallest absolute Gasteiger partial charge is 0.222 e. The van der Waals surface area contributed by atoms with Crippen LogP contribution in [-0.2, 0) is 17.8 Å². The highest BCUT2D eigenvalue weighted by Crippen LogP contribution is 2.15. The Hall–Kier alpha value is -3.08. The molecule has 0 radical (unpaired) electrons. The number of nitrogens with one attached hydrogen (secondary N) is 1. The molecule has 0 fully saturated rings. The summed E-state index contributed by atoms with van der Waals surface area (Å²) >= 11 is 0. The number of aromatic amines is 1. The Morgan fingerprint density at radius 2 is 2.00 bits per heavy atom. The lowest BCUT2D eigenvalue weighted by Gasteiger charge is -2.17. The van der Waals surface area contributed by atoms with Gasteiger partial charge in [-0.2, -0.15) is 0 Å². The maximum absolute atomic E-state index is 12.4. The number of rotatable bonds is 9. The third-order valence-electron chi connectivity index (χ3n) is 4.38. The van der Waals surface area contributed by atoms with E-state index in [4.69, 9.17) is 4.74 Å². The first kappa shape index (κ1) is 18.7. The molecule has 0 aliphatic rings. The van der Waals surface area contributed by atoms with Crippen molar-refractivity contribution >= 4 is 16.9 Å². The first-order valence-corrected chi connectivity index (χ1v) is 9.16. The number of hydrogen-bond donors (Lipinski definition) is 1. The van der Waals surface area contributed by atoms with E-state index in [1.165, 1.54) is 0 Å². The normalized spacial score (nSPS) is 10.7. The average Bonchev–Trinajstić information content (AvgIpc) is 3.10. The van der Waals surface area contributed by atoms with Crippen LogP contribution in [0.3, 0.4) is 0 Å². The van der Waals surface area contributed by atoms with Gasteiger partial charge in [-0.3, -0.25) is 4.79 Å². The number of imidazole rings is 1. The quantitative estimate of drug-likeness (QED) is 0.582. The number of benzene rings is 2. The van der Waals surface area contributed by atoms with E-state index < -0.39 is 0 Å². The van der Waals surface area contributed by atoms with Crippen LogP contribution in [0.5, 0.6) is 5.75 Å². The van der Waals surface area contributed by atoms with Crippen LogP contribution in [0.1, 0.15) is 24.2 Å². The van der Waals surface area contributed by atoms with Gasteiger partial charge in [-0.1, -0.05) is 36.9 Å². The monoisotopic (exact) mass is 363 g/mol. The molecule has 1 heterocycles. The number of H-pyrrole nitrogens is 1. The number of fused-ring (bicyclic) bond motifs is 1. The van der Waals surface area contributed by atoms with Gasteiger partial charge >= 0.3 is 0 Å². The molecule has 0 saturated heterocycles. The Balaban J connectivity index is 1.45. The average molecular weight is 363 g/mol. The fourth-order valence-electron chi connectivity index (χ4n) is 2.93. The summed E-state index contributed by atoms with van der Waals surface area (Å²) in [6.07, 6.45) is 3.76. The third-order valence-corrected chi connectivity index (χ3v) is 4.38. The van der Waals surface area contributed by atoms with E-state index in [1.807, 2.05) is 55.6 Å². The lowest BCUT2D eigenvalue weighted by atomic mass is 10.2.